The highest BCUT2D eigenvalue weighted by molar-refractivity contribution is 5.76. The second kappa shape index (κ2) is 10.8. The Morgan fingerprint density at radius 3 is 2.50 bits per heavy atom. The number of carboxylic acids is 1. The standard InChI is InChI=1S/C18H23N3O2.C2HF3O2/c1-2-4-18(22)21-11-16-5-3-10-20(16)12-17(13-21)23-14-15-6-8-19-9-7-15;3-2(4,5)1(6)7/h3,5-10,17H,2,4,11-14H2,1H3;(H,6,7). The van der Waals surface area contributed by atoms with Gasteiger partial charge in [-0.2, -0.15) is 13.2 Å². The number of ether oxygens (including phenoxy) is 1. The lowest BCUT2D eigenvalue weighted by molar-refractivity contribution is -0.192. The first-order valence-electron chi connectivity index (χ1n) is 9.43. The molecule has 2 aromatic rings. The van der Waals surface area contributed by atoms with Crippen LogP contribution in [0.5, 0.6) is 0 Å². The Bertz CT molecular complexity index is 824. The lowest BCUT2D eigenvalue weighted by atomic mass is 10.2. The molecule has 1 atom stereocenters. The molecule has 3 heterocycles. The van der Waals surface area contributed by atoms with E-state index in [9.17, 15) is 18.0 Å². The molecule has 10 heteroatoms. The number of hydrogen-bond acceptors (Lipinski definition) is 4. The van der Waals surface area contributed by atoms with E-state index < -0.39 is 12.1 Å². The average molecular weight is 427 g/mol. The van der Waals surface area contributed by atoms with E-state index in [1.165, 1.54) is 5.69 Å². The predicted molar refractivity (Wildman–Crippen MR) is 101 cm³/mol. The molecule has 164 valence electrons. The number of amides is 1. The maximum atomic E-state index is 12.4. The zero-order valence-electron chi connectivity index (χ0n) is 16.5. The number of hydrogen-bond donors (Lipinski definition) is 1. The van der Waals surface area contributed by atoms with Gasteiger partial charge in [0.2, 0.25) is 5.91 Å². The molecule has 0 aromatic carbocycles. The number of carbonyl (C=O) groups excluding carboxylic acids is 1. The Morgan fingerprint density at radius 1 is 1.23 bits per heavy atom. The van der Waals surface area contributed by atoms with Gasteiger partial charge in [0.25, 0.3) is 0 Å². The minimum atomic E-state index is -5.08. The van der Waals surface area contributed by atoms with Gasteiger partial charge in [0.1, 0.15) is 0 Å². The van der Waals surface area contributed by atoms with Crippen LogP contribution in [0.4, 0.5) is 13.2 Å². The fourth-order valence-electron chi connectivity index (χ4n) is 2.91. The van der Waals surface area contributed by atoms with Crippen LogP contribution in [-0.2, 0) is 34.0 Å². The van der Waals surface area contributed by atoms with Crippen LogP contribution in [0.15, 0.2) is 42.9 Å². The molecule has 0 spiro atoms. The molecule has 2 aromatic heterocycles. The van der Waals surface area contributed by atoms with Crippen LogP contribution in [0.25, 0.3) is 0 Å². The van der Waals surface area contributed by atoms with E-state index in [2.05, 4.69) is 21.8 Å². The largest absolute Gasteiger partial charge is 0.490 e. The predicted octanol–water partition coefficient (Wildman–Crippen LogP) is 3.24. The molecule has 0 saturated carbocycles. The lowest BCUT2D eigenvalue weighted by Gasteiger charge is -2.24. The first-order valence-corrected chi connectivity index (χ1v) is 9.43. The average Bonchev–Trinajstić information content (AvgIpc) is 3.05. The molecule has 0 fully saturated rings. The molecule has 1 amide bonds. The Hall–Kier alpha value is -2.88. The van der Waals surface area contributed by atoms with E-state index in [1.54, 1.807) is 12.4 Å². The van der Waals surface area contributed by atoms with Crippen molar-refractivity contribution in [2.24, 2.45) is 0 Å². The van der Waals surface area contributed by atoms with E-state index in [0.717, 1.165) is 18.5 Å². The molecule has 0 saturated heterocycles. The maximum absolute atomic E-state index is 12.4. The zero-order chi connectivity index (χ0) is 22.1. The molecule has 1 unspecified atom stereocenters. The van der Waals surface area contributed by atoms with Crippen molar-refractivity contribution in [3.63, 3.8) is 0 Å². The number of rotatable bonds is 5. The maximum Gasteiger partial charge on any atom is 0.490 e. The normalized spacial score (nSPS) is 16.1. The number of pyridine rings is 1. The van der Waals surface area contributed by atoms with E-state index in [1.807, 2.05) is 30.0 Å². The summed E-state index contributed by atoms with van der Waals surface area (Å²) in [5.41, 5.74) is 2.27. The molecular weight excluding hydrogens is 403 g/mol. The monoisotopic (exact) mass is 427 g/mol. The van der Waals surface area contributed by atoms with Crippen LogP contribution >= 0.6 is 0 Å². The molecule has 1 aliphatic heterocycles. The van der Waals surface area contributed by atoms with Gasteiger partial charge in [0, 0.05) is 37.3 Å². The number of carboxylic acid groups (broad SMARTS) is 1. The molecule has 0 aliphatic carbocycles. The second-order valence-corrected chi connectivity index (χ2v) is 6.77. The van der Waals surface area contributed by atoms with Gasteiger partial charge in [-0.1, -0.05) is 6.92 Å². The summed E-state index contributed by atoms with van der Waals surface area (Å²) >= 11 is 0. The van der Waals surface area contributed by atoms with Crippen molar-refractivity contribution in [3.05, 3.63) is 54.1 Å². The smallest absolute Gasteiger partial charge is 0.475 e. The number of aliphatic carboxylic acids is 1. The van der Waals surface area contributed by atoms with Crippen LogP contribution in [-0.4, -0.2) is 50.3 Å². The number of fused-ring (bicyclic) bond motifs is 1. The number of aromatic nitrogens is 2. The van der Waals surface area contributed by atoms with E-state index in [4.69, 9.17) is 14.6 Å². The highest BCUT2D eigenvalue weighted by Gasteiger charge is 2.38. The van der Waals surface area contributed by atoms with Crippen LogP contribution in [0, 0.1) is 0 Å². The number of alkyl halides is 3. The van der Waals surface area contributed by atoms with Gasteiger partial charge < -0.3 is 19.3 Å². The number of halogens is 3. The molecule has 30 heavy (non-hydrogen) atoms. The third-order valence-corrected chi connectivity index (χ3v) is 4.39. The van der Waals surface area contributed by atoms with Gasteiger partial charge in [-0.05, 0) is 36.2 Å². The number of nitrogens with zero attached hydrogens (tertiary/aromatic N) is 3. The molecular formula is C20H24F3N3O4. The third-order valence-electron chi connectivity index (χ3n) is 4.39. The minimum Gasteiger partial charge on any atom is -0.475 e. The lowest BCUT2D eigenvalue weighted by Crippen LogP contribution is -2.37. The summed E-state index contributed by atoms with van der Waals surface area (Å²) in [5.74, 6) is -2.55. The number of carbonyl (C=O) groups is 2. The van der Waals surface area contributed by atoms with Crippen molar-refractivity contribution >= 4 is 11.9 Å². The fraction of sp³-hybridized carbons (Fsp3) is 0.450. The summed E-state index contributed by atoms with van der Waals surface area (Å²) in [5, 5.41) is 7.12. The van der Waals surface area contributed by atoms with E-state index in [-0.39, 0.29) is 12.0 Å². The van der Waals surface area contributed by atoms with Gasteiger partial charge in [-0.3, -0.25) is 9.78 Å². The summed E-state index contributed by atoms with van der Waals surface area (Å²) in [6.45, 7) is 4.67. The highest BCUT2D eigenvalue weighted by atomic mass is 19.4. The van der Waals surface area contributed by atoms with Crippen molar-refractivity contribution in [1.29, 1.82) is 0 Å². The molecule has 3 rings (SSSR count). The summed E-state index contributed by atoms with van der Waals surface area (Å²) in [6, 6.07) is 8.02. The Labute approximate surface area is 172 Å². The molecule has 0 bridgehead atoms. The van der Waals surface area contributed by atoms with Crippen LogP contribution in [0.1, 0.15) is 31.0 Å². The van der Waals surface area contributed by atoms with Crippen LogP contribution in [0.3, 0.4) is 0 Å². The Kier molecular flexibility index (Phi) is 8.40. The minimum absolute atomic E-state index is 0.00220. The summed E-state index contributed by atoms with van der Waals surface area (Å²) in [6.07, 6.45) is 1.99. The van der Waals surface area contributed by atoms with Crippen molar-refractivity contribution in [3.8, 4) is 0 Å². The molecule has 1 N–H and O–H groups in total. The molecule has 7 nitrogen and oxygen atoms in total. The zero-order valence-corrected chi connectivity index (χ0v) is 16.5. The highest BCUT2D eigenvalue weighted by Crippen LogP contribution is 2.17. The van der Waals surface area contributed by atoms with E-state index in [0.29, 0.717) is 26.1 Å². The summed E-state index contributed by atoms with van der Waals surface area (Å²) in [7, 11) is 0. The van der Waals surface area contributed by atoms with Crippen LogP contribution < -0.4 is 0 Å². The van der Waals surface area contributed by atoms with Crippen molar-refractivity contribution in [2.45, 2.75) is 51.7 Å². The Morgan fingerprint density at radius 2 is 1.90 bits per heavy atom. The second-order valence-electron chi connectivity index (χ2n) is 6.77. The van der Waals surface area contributed by atoms with Gasteiger partial charge in [-0.25, -0.2) is 4.79 Å². The SMILES string of the molecule is CCCC(=O)N1Cc2cccn2CC(OCc2ccncc2)C1.O=C(O)C(F)(F)F. The molecule has 0 radical (unpaired) electrons. The van der Waals surface area contributed by atoms with Gasteiger partial charge in [0.05, 0.1) is 25.8 Å². The quantitative estimate of drug-likeness (QED) is 0.792. The molecule has 1 aliphatic rings. The summed E-state index contributed by atoms with van der Waals surface area (Å²) < 4.78 is 40.0. The summed E-state index contributed by atoms with van der Waals surface area (Å²) in [4.78, 5) is 27.2. The van der Waals surface area contributed by atoms with Crippen LogP contribution in [0.2, 0.25) is 0 Å². The van der Waals surface area contributed by atoms with Gasteiger partial charge >= 0.3 is 12.1 Å². The Balaban J connectivity index is 0.000000396. The van der Waals surface area contributed by atoms with Crippen molar-refractivity contribution in [1.82, 2.24) is 14.5 Å². The fourth-order valence-corrected chi connectivity index (χ4v) is 2.91. The first-order chi connectivity index (χ1) is 14.2. The van der Waals surface area contributed by atoms with Crippen molar-refractivity contribution in [2.75, 3.05) is 6.54 Å². The third kappa shape index (κ3) is 7.18. The van der Waals surface area contributed by atoms with Gasteiger partial charge in [0.15, 0.2) is 0 Å². The van der Waals surface area contributed by atoms with E-state index >= 15 is 0 Å². The van der Waals surface area contributed by atoms with Gasteiger partial charge in [-0.15, -0.1) is 0 Å². The van der Waals surface area contributed by atoms with Crippen molar-refractivity contribution < 1.29 is 32.6 Å². The first kappa shape index (κ1) is 23.4. The topological polar surface area (TPSA) is 84.7 Å².